The van der Waals surface area contributed by atoms with E-state index in [1.807, 2.05) is 13.0 Å². The van der Waals surface area contributed by atoms with Crippen molar-refractivity contribution in [1.29, 1.82) is 0 Å². The Labute approximate surface area is 115 Å². The average Bonchev–Trinajstić information content (AvgIpc) is 2.40. The van der Waals surface area contributed by atoms with Crippen LogP contribution in [0.5, 0.6) is 0 Å². The lowest BCUT2D eigenvalue weighted by Gasteiger charge is -2.26. The van der Waals surface area contributed by atoms with Gasteiger partial charge in [0.25, 0.3) is 0 Å². The van der Waals surface area contributed by atoms with Crippen molar-refractivity contribution in [1.82, 2.24) is 9.62 Å². The first-order chi connectivity index (χ1) is 9.08. The molecule has 1 heterocycles. The number of benzene rings is 1. The lowest BCUT2D eigenvalue weighted by Crippen LogP contribution is -2.37. The van der Waals surface area contributed by atoms with Gasteiger partial charge in [-0.3, -0.25) is 0 Å². The lowest BCUT2D eigenvalue weighted by atomic mass is 10.1. The highest BCUT2D eigenvalue weighted by atomic mass is 32.2. The number of piperidine rings is 1. The first-order valence-electron chi connectivity index (χ1n) is 6.87. The van der Waals surface area contributed by atoms with E-state index >= 15 is 0 Å². The Bertz CT molecular complexity index is 508. The smallest absolute Gasteiger partial charge is 0.240 e. The van der Waals surface area contributed by atoms with Crippen molar-refractivity contribution >= 4 is 10.0 Å². The van der Waals surface area contributed by atoms with E-state index in [0.717, 1.165) is 25.2 Å². The zero-order valence-corrected chi connectivity index (χ0v) is 12.2. The summed E-state index contributed by atoms with van der Waals surface area (Å²) < 4.78 is 26.9. The zero-order valence-electron chi connectivity index (χ0n) is 11.4. The van der Waals surface area contributed by atoms with Gasteiger partial charge in [-0.1, -0.05) is 18.6 Å². The van der Waals surface area contributed by atoms with Crippen LogP contribution in [0.3, 0.4) is 0 Å². The second-order valence-electron chi connectivity index (χ2n) is 5.12. The normalized spacial score (nSPS) is 17.5. The SMILES string of the molecule is Cc1cccc(S(=O)(=O)NCCN2CCCCC2)c1. The fourth-order valence-corrected chi connectivity index (χ4v) is 3.51. The summed E-state index contributed by atoms with van der Waals surface area (Å²) in [5.41, 5.74) is 0.957. The van der Waals surface area contributed by atoms with E-state index in [4.69, 9.17) is 0 Å². The number of nitrogens with one attached hydrogen (secondary N) is 1. The van der Waals surface area contributed by atoms with Gasteiger partial charge in [0, 0.05) is 13.1 Å². The summed E-state index contributed by atoms with van der Waals surface area (Å²) in [5, 5.41) is 0. The average molecular weight is 282 g/mol. The summed E-state index contributed by atoms with van der Waals surface area (Å²) in [7, 11) is -3.36. The molecule has 2 rings (SSSR count). The number of hydrogen-bond donors (Lipinski definition) is 1. The van der Waals surface area contributed by atoms with E-state index < -0.39 is 10.0 Å². The minimum atomic E-state index is -3.36. The second-order valence-corrected chi connectivity index (χ2v) is 6.88. The Balaban J connectivity index is 1.87. The van der Waals surface area contributed by atoms with Gasteiger partial charge >= 0.3 is 0 Å². The summed E-state index contributed by atoms with van der Waals surface area (Å²) in [6, 6.07) is 7.00. The summed E-state index contributed by atoms with van der Waals surface area (Å²) in [4.78, 5) is 2.67. The monoisotopic (exact) mass is 282 g/mol. The number of hydrogen-bond acceptors (Lipinski definition) is 3. The predicted octanol–water partition coefficient (Wildman–Crippen LogP) is 1.76. The van der Waals surface area contributed by atoms with Crippen LogP contribution in [0.15, 0.2) is 29.2 Å². The van der Waals surface area contributed by atoms with E-state index in [9.17, 15) is 8.42 Å². The third-order valence-corrected chi connectivity index (χ3v) is 4.93. The van der Waals surface area contributed by atoms with E-state index in [2.05, 4.69) is 9.62 Å². The molecule has 0 amide bonds. The molecule has 1 fully saturated rings. The van der Waals surface area contributed by atoms with Crippen LogP contribution in [-0.4, -0.2) is 39.5 Å². The highest BCUT2D eigenvalue weighted by Crippen LogP contribution is 2.11. The van der Waals surface area contributed by atoms with Gasteiger partial charge in [-0.15, -0.1) is 0 Å². The van der Waals surface area contributed by atoms with Crippen LogP contribution in [-0.2, 0) is 10.0 Å². The Hall–Kier alpha value is -0.910. The molecule has 1 aliphatic heterocycles. The lowest BCUT2D eigenvalue weighted by molar-refractivity contribution is 0.233. The van der Waals surface area contributed by atoms with E-state index in [1.165, 1.54) is 19.3 Å². The Kier molecular flexibility index (Phi) is 4.96. The van der Waals surface area contributed by atoms with Crippen molar-refractivity contribution in [2.45, 2.75) is 31.1 Å². The number of rotatable bonds is 5. The molecule has 0 unspecified atom stereocenters. The first kappa shape index (κ1) is 14.5. The van der Waals surface area contributed by atoms with Gasteiger partial charge in [-0.05, 0) is 50.6 Å². The molecule has 106 valence electrons. The number of likely N-dealkylation sites (tertiary alicyclic amines) is 1. The van der Waals surface area contributed by atoms with E-state index in [-0.39, 0.29) is 0 Å². The van der Waals surface area contributed by atoms with Crippen molar-refractivity contribution in [2.75, 3.05) is 26.2 Å². The van der Waals surface area contributed by atoms with Gasteiger partial charge in [-0.25, -0.2) is 13.1 Å². The maximum absolute atomic E-state index is 12.1. The van der Waals surface area contributed by atoms with Crippen molar-refractivity contribution in [3.8, 4) is 0 Å². The number of sulfonamides is 1. The van der Waals surface area contributed by atoms with Crippen LogP contribution in [0.1, 0.15) is 24.8 Å². The van der Waals surface area contributed by atoms with Gasteiger partial charge in [0.1, 0.15) is 0 Å². The minimum absolute atomic E-state index is 0.353. The standard InChI is InChI=1S/C14H22N2O2S/c1-13-6-5-7-14(12-13)19(17,18)15-8-11-16-9-3-2-4-10-16/h5-7,12,15H,2-4,8-11H2,1H3. The molecular weight excluding hydrogens is 260 g/mol. The molecule has 1 saturated heterocycles. The fraction of sp³-hybridized carbons (Fsp3) is 0.571. The van der Waals surface area contributed by atoms with Crippen molar-refractivity contribution in [3.63, 3.8) is 0 Å². The van der Waals surface area contributed by atoms with Gasteiger partial charge in [-0.2, -0.15) is 0 Å². The maximum atomic E-state index is 12.1. The van der Waals surface area contributed by atoms with Crippen LogP contribution in [0.4, 0.5) is 0 Å². The predicted molar refractivity (Wildman–Crippen MR) is 76.7 cm³/mol. The van der Waals surface area contributed by atoms with Crippen LogP contribution in [0, 0.1) is 6.92 Å². The first-order valence-corrected chi connectivity index (χ1v) is 8.35. The fourth-order valence-electron chi connectivity index (χ4n) is 2.39. The van der Waals surface area contributed by atoms with Gasteiger partial charge in [0.15, 0.2) is 0 Å². The Morgan fingerprint density at radius 2 is 1.95 bits per heavy atom. The Morgan fingerprint density at radius 3 is 2.63 bits per heavy atom. The van der Waals surface area contributed by atoms with Crippen molar-refractivity contribution in [3.05, 3.63) is 29.8 Å². The molecule has 0 aromatic heterocycles. The van der Waals surface area contributed by atoms with E-state index in [0.29, 0.717) is 11.4 Å². The number of nitrogens with zero attached hydrogens (tertiary/aromatic N) is 1. The highest BCUT2D eigenvalue weighted by molar-refractivity contribution is 7.89. The van der Waals surface area contributed by atoms with Crippen LogP contribution < -0.4 is 4.72 Å². The Morgan fingerprint density at radius 1 is 1.21 bits per heavy atom. The van der Waals surface area contributed by atoms with Crippen molar-refractivity contribution in [2.24, 2.45) is 0 Å². The molecule has 1 aromatic carbocycles. The van der Waals surface area contributed by atoms with Crippen LogP contribution in [0.25, 0.3) is 0 Å². The van der Waals surface area contributed by atoms with Crippen LogP contribution >= 0.6 is 0 Å². The molecule has 0 aliphatic carbocycles. The maximum Gasteiger partial charge on any atom is 0.240 e. The molecule has 0 radical (unpaired) electrons. The molecule has 1 aromatic rings. The van der Waals surface area contributed by atoms with Gasteiger partial charge in [0.05, 0.1) is 4.90 Å². The highest BCUT2D eigenvalue weighted by Gasteiger charge is 2.15. The molecule has 0 spiro atoms. The largest absolute Gasteiger partial charge is 0.302 e. The van der Waals surface area contributed by atoms with Crippen LogP contribution in [0.2, 0.25) is 0 Å². The molecule has 0 atom stereocenters. The summed E-state index contributed by atoms with van der Waals surface area (Å²) in [5.74, 6) is 0. The molecule has 1 N–H and O–H groups in total. The van der Waals surface area contributed by atoms with Gasteiger partial charge < -0.3 is 4.90 Å². The molecule has 19 heavy (non-hydrogen) atoms. The molecule has 5 heteroatoms. The van der Waals surface area contributed by atoms with Gasteiger partial charge in [0.2, 0.25) is 10.0 Å². The van der Waals surface area contributed by atoms with Crippen molar-refractivity contribution < 1.29 is 8.42 Å². The van der Waals surface area contributed by atoms with E-state index in [1.54, 1.807) is 18.2 Å². The topological polar surface area (TPSA) is 49.4 Å². The molecule has 0 saturated carbocycles. The molecule has 0 bridgehead atoms. The second kappa shape index (κ2) is 6.50. The third-order valence-electron chi connectivity index (χ3n) is 3.47. The zero-order chi connectivity index (χ0) is 13.7. The summed E-state index contributed by atoms with van der Waals surface area (Å²) in [6.07, 6.45) is 3.75. The minimum Gasteiger partial charge on any atom is -0.302 e. The molecule has 1 aliphatic rings. The molecule has 4 nitrogen and oxygen atoms in total. The number of aryl methyl sites for hydroxylation is 1. The molecular formula is C14H22N2O2S. The summed E-state index contributed by atoms with van der Waals surface area (Å²) in [6.45, 7) is 5.35. The quantitative estimate of drug-likeness (QED) is 0.895. The summed E-state index contributed by atoms with van der Waals surface area (Å²) >= 11 is 0. The third kappa shape index (κ3) is 4.30.